The van der Waals surface area contributed by atoms with Crippen LogP contribution >= 0.6 is 12.4 Å². The zero-order chi connectivity index (χ0) is 13.2. The van der Waals surface area contributed by atoms with Gasteiger partial charge in [-0.25, -0.2) is 0 Å². The van der Waals surface area contributed by atoms with Gasteiger partial charge in [-0.15, -0.1) is 12.4 Å². The predicted molar refractivity (Wildman–Crippen MR) is 78.9 cm³/mol. The largest absolute Gasteiger partial charge is 0.364 e. The Balaban J connectivity index is 0.00000147. The normalized spacial score (nSPS) is 21.6. The number of fused-ring (bicyclic) bond motifs is 1. The van der Waals surface area contributed by atoms with E-state index >= 15 is 0 Å². The third-order valence-corrected chi connectivity index (χ3v) is 3.37. The van der Waals surface area contributed by atoms with E-state index in [2.05, 4.69) is 15.5 Å². The molecule has 2 atom stereocenters. The number of halogens is 1. The standard InChI is InChI=1S/C13H16N4O2.ClH/c14-6-10-2-4-12(19-10)13(18)16-9-1-3-11-8(5-9)7-15-17-11;/h1,3,5,7,10,12H,2,4,6,14H2,(H,15,17)(H,16,18);1H/t10-,12+;/m1./s1. The number of carbonyl (C=O) groups is 1. The second-order valence-corrected chi connectivity index (χ2v) is 4.72. The van der Waals surface area contributed by atoms with E-state index in [0.29, 0.717) is 6.54 Å². The number of nitrogens with two attached hydrogens (primary N) is 1. The van der Waals surface area contributed by atoms with E-state index in [-0.39, 0.29) is 24.4 Å². The van der Waals surface area contributed by atoms with Crippen molar-refractivity contribution >= 4 is 34.9 Å². The molecule has 20 heavy (non-hydrogen) atoms. The van der Waals surface area contributed by atoms with E-state index in [1.165, 1.54) is 0 Å². The van der Waals surface area contributed by atoms with Crippen molar-refractivity contribution in [2.45, 2.75) is 25.0 Å². The molecule has 1 aromatic carbocycles. The summed E-state index contributed by atoms with van der Waals surface area (Å²) in [5.74, 6) is -0.112. The Labute approximate surface area is 122 Å². The molecule has 0 unspecified atom stereocenters. The Morgan fingerprint density at radius 3 is 3.10 bits per heavy atom. The SMILES string of the molecule is Cl.NC[C@H]1CC[C@@H](C(=O)Nc2ccc3[nH]ncc3c2)O1. The molecule has 2 heterocycles. The third-order valence-electron chi connectivity index (χ3n) is 3.37. The van der Waals surface area contributed by atoms with Crippen molar-refractivity contribution < 1.29 is 9.53 Å². The van der Waals surface area contributed by atoms with E-state index in [9.17, 15) is 4.79 Å². The molecule has 1 saturated heterocycles. The number of anilines is 1. The Morgan fingerprint density at radius 1 is 1.50 bits per heavy atom. The first kappa shape index (κ1) is 14.8. The van der Waals surface area contributed by atoms with Crippen LogP contribution in [0.25, 0.3) is 10.9 Å². The van der Waals surface area contributed by atoms with Gasteiger partial charge < -0.3 is 15.8 Å². The highest BCUT2D eigenvalue weighted by Gasteiger charge is 2.29. The second kappa shape index (κ2) is 6.21. The van der Waals surface area contributed by atoms with Crippen LogP contribution in [0.1, 0.15) is 12.8 Å². The molecule has 0 bridgehead atoms. The van der Waals surface area contributed by atoms with Crippen LogP contribution in [0, 0.1) is 0 Å². The number of rotatable bonds is 3. The summed E-state index contributed by atoms with van der Waals surface area (Å²) in [7, 11) is 0. The van der Waals surface area contributed by atoms with Crippen LogP contribution in [-0.4, -0.2) is 34.9 Å². The molecule has 1 aliphatic rings. The molecule has 2 aromatic rings. The van der Waals surface area contributed by atoms with Gasteiger partial charge in [0.25, 0.3) is 5.91 Å². The number of aromatic amines is 1. The van der Waals surface area contributed by atoms with Crippen molar-refractivity contribution in [3.63, 3.8) is 0 Å². The summed E-state index contributed by atoms with van der Waals surface area (Å²) in [4.78, 5) is 12.1. The van der Waals surface area contributed by atoms with Gasteiger partial charge in [0.15, 0.2) is 0 Å². The van der Waals surface area contributed by atoms with Gasteiger partial charge in [0.05, 0.1) is 17.8 Å². The Bertz CT molecular complexity index is 601. The van der Waals surface area contributed by atoms with Crippen LogP contribution in [0.15, 0.2) is 24.4 Å². The van der Waals surface area contributed by atoms with Crippen molar-refractivity contribution in [2.75, 3.05) is 11.9 Å². The van der Waals surface area contributed by atoms with Crippen LogP contribution in [0.5, 0.6) is 0 Å². The molecule has 1 aliphatic heterocycles. The van der Waals surface area contributed by atoms with Gasteiger partial charge in [0, 0.05) is 17.6 Å². The molecule has 6 nitrogen and oxygen atoms in total. The highest BCUT2D eigenvalue weighted by atomic mass is 35.5. The molecule has 0 spiro atoms. The van der Waals surface area contributed by atoms with Crippen LogP contribution in [0.4, 0.5) is 5.69 Å². The quantitative estimate of drug-likeness (QED) is 0.799. The molecule has 108 valence electrons. The topological polar surface area (TPSA) is 93.0 Å². The Morgan fingerprint density at radius 2 is 2.35 bits per heavy atom. The summed E-state index contributed by atoms with van der Waals surface area (Å²) in [5, 5.41) is 10.6. The van der Waals surface area contributed by atoms with Gasteiger partial charge >= 0.3 is 0 Å². The number of nitrogens with one attached hydrogen (secondary N) is 2. The fourth-order valence-electron chi connectivity index (χ4n) is 2.32. The summed E-state index contributed by atoms with van der Waals surface area (Å²) >= 11 is 0. The lowest BCUT2D eigenvalue weighted by Gasteiger charge is -2.12. The summed E-state index contributed by atoms with van der Waals surface area (Å²) in [6.07, 6.45) is 2.90. The maximum atomic E-state index is 12.1. The van der Waals surface area contributed by atoms with Gasteiger partial charge in [0.2, 0.25) is 0 Å². The number of carbonyl (C=O) groups excluding carboxylic acids is 1. The number of hydrogen-bond donors (Lipinski definition) is 3. The zero-order valence-corrected chi connectivity index (χ0v) is 11.7. The van der Waals surface area contributed by atoms with Crippen molar-refractivity contribution in [3.8, 4) is 0 Å². The minimum Gasteiger partial charge on any atom is -0.364 e. The third kappa shape index (κ3) is 2.92. The monoisotopic (exact) mass is 296 g/mol. The number of amides is 1. The highest BCUT2D eigenvalue weighted by molar-refractivity contribution is 5.96. The van der Waals surface area contributed by atoms with E-state index < -0.39 is 6.10 Å². The Hall–Kier alpha value is -1.63. The lowest BCUT2D eigenvalue weighted by molar-refractivity contribution is -0.126. The summed E-state index contributed by atoms with van der Waals surface area (Å²) < 4.78 is 5.56. The average molecular weight is 297 g/mol. The fraction of sp³-hybridized carbons (Fsp3) is 0.385. The van der Waals surface area contributed by atoms with E-state index in [1.54, 1.807) is 6.20 Å². The van der Waals surface area contributed by atoms with Crippen LogP contribution in [0.2, 0.25) is 0 Å². The smallest absolute Gasteiger partial charge is 0.253 e. The first-order valence-corrected chi connectivity index (χ1v) is 6.36. The summed E-state index contributed by atoms with van der Waals surface area (Å²) in [6, 6.07) is 5.61. The van der Waals surface area contributed by atoms with Gasteiger partial charge in [-0.3, -0.25) is 9.89 Å². The Kier molecular flexibility index (Phi) is 4.59. The molecule has 1 aromatic heterocycles. The number of hydrogen-bond acceptors (Lipinski definition) is 4. The van der Waals surface area contributed by atoms with E-state index in [0.717, 1.165) is 29.4 Å². The van der Waals surface area contributed by atoms with E-state index in [1.807, 2.05) is 18.2 Å². The number of H-pyrrole nitrogens is 1. The molecule has 1 amide bonds. The van der Waals surface area contributed by atoms with Crippen molar-refractivity contribution in [1.29, 1.82) is 0 Å². The van der Waals surface area contributed by atoms with Crippen LogP contribution in [-0.2, 0) is 9.53 Å². The lowest BCUT2D eigenvalue weighted by Crippen LogP contribution is -2.29. The summed E-state index contributed by atoms with van der Waals surface area (Å²) in [6.45, 7) is 0.463. The fourth-order valence-corrected chi connectivity index (χ4v) is 2.32. The number of benzene rings is 1. The van der Waals surface area contributed by atoms with Gasteiger partial charge in [-0.05, 0) is 31.0 Å². The molecule has 1 fully saturated rings. The van der Waals surface area contributed by atoms with E-state index in [4.69, 9.17) is 10.5 Å². The van der Waals surface area contributed by atoms with Gasteiger partial charge in [-0.2, -0.15) is 5.10 Å². The zero-order valence-electron chi connectivity index (χ0n) is 10.8. The highest BCUT2D eigenvalue weighted by Crippen LogP contribution is 2.22. The number of nitrogens with zero attached hydrogens (tertiary/aromatic N) is 1. The number of ether oxygens (including phenoxy) is 1. The molecule has 0 radical (unpaired) electrons. The molecular formula is C13H17ClN4O2. The minimum atomic E-state index is -0.395. The van der Waals surface area contributed by atoms with Gasteiger partial charge in [-0.1, -0.05) is 0 Å². The average Bonchev–Trinajstić information content (AvgIpc) is 3.06. The molecule has 0 saturated carbocycles. The number of aromatic nitrogens is 2. The van der Waals surface area contributed by atoms with Crippen LogP contribution in [0.3, 0.4) is 0 Å². The maximum Gasteiger partial charge on any atom is 0.253 e. The molecule has 7 heteroatoms. The molecule has 3 rings (SSSR count). The lowest BCUT2D eigenvalue weighted by atomic mass is 10.2. The second-order valence-electron chi connectivity index (χ2n) is 4.72. The molecule has 0 aliphatic carbocycles. The minimum absolute atomic E-state index is 0. The predicted octanol–water partition coefficient (Wildman–Crippen LogP) is 1.43. The van der Waals surface area contributed by atoms with Crippen molar-refractivity contribution in [3.05, 3.63) is 24.4 Å². The van der Waals surface area contributed by atoms with Gasteiger partial charge in [0.1, 0.15) is 6.10 Å². The van der Waals surface area contributed by atoms with Crippen LogP contribution < -0.4 is 11.1 Å². The first-order chi connectivity index (χ1) is 9.26. The van der Waals surface area contributed by atoms with Crippen molar-refractivity contribution in [1.82, 2.24) is 10.2 Å². The first-order valence-electron chi connectivity index (χ1n) is 6.36. The van der Waals surface area contributed by atoms with Crippen molar-refractivity contribution in [2.24, 2.45) is 5.73 Å². The maximum absolute atomic E-state index is 12.1. The molecular weight excluding hydrogens is 280 g/mol. The molecule has 4 N–H and O–H groups in total. The summed E-state index contributed by atoms with van der Waals surface area (Å²) in [5.41, 5.74) is 7.22.